The van der Waals surface area contributed by atoms with Gasteiger partial charge >= 0.3 is 0 Å². The maximum Gasteiger partial charge on any atom is 0.129 e. The lowest BCUT2D eigenvalue weighted by atomic mass is 9.65. The quantitative estimate of drug-likeness (QED) is 0.654. The van der Waals surface area contributed by atoms with Crippen LogP contribution in [0, 0.1) is 23.0 Å². The summed E-state index contributed by atoms with van der Waals surface area (Å²) in [5.74, 6) is 5.09. The number of hydrogen-bond donors (Lipinski definition) is 2. The maximum absolute atomic E-state index is 13.8. The van der Waals surface area contributed by atoms with E-state index >= 15 is 0 Å². The summed E-state index contributed by atoms with van der Waals surface area (Å²) in [7, 11) is 0. The minimum atomic E-state index is -0.540. The van der Waals surface area contributed by atoms with Gasteiger partial charge in [-0.25, -0.2) is 8.78 Å². The van der Waals surface area contributed by atoms with Gasteiger partial charge in [0.05, 0.1) is 0 Å². The van der Waals surface area contributed by atoms with E-state index in [1.54, 1.807) is 0 Å². The van der Waals surface area contributed by atoms with E-state index in [0.717, 1.165) is 12.5 Å². The van der Waals surface area contributed by atoms with E-state index in [4.69, 9.17) is 5.84 Å². The highest BCUT2D eigenvalue weighted by molar-refractivity contribution is 5.20. The number of nitrogens with one attached hydrogen (secondary N) is 1. The van der Waals surface area contributed by atoms with Crippen molar-refractivity contribution in [1.82, 2.24) is 5.43 Å². The third-order valence-electron chi connectivity index (χ3n) is 4.74. The van der Waals surface area contributed by atoms with Gasteiger partial charge in [-0.3, -0.25) is 11.3 Å². The van der Waals surface area contributed by atoms with Crippen LogP contribution >= 0.6 is 0 Å². The van der Waals surface area contributed by atoms with E-state index in [2.05, 4.69) is 19.3 Å². The van der Waals surface area contributed by atoms with Gasteiger partial charge in [-0.15, -0.1) is 0 Å². The van der Waals surface area contributed by atoms with Crippen LogP contribution in [0.5, 0.6) is 0 Å². The summed E-state index contributed by atoms with van der Waals surface area (Å²) in [6.07, 6.45) is 5.20. The Morgan fingerprint density at radius 2 is 2.10 bits per heavy atom. The number of benzene rings is 1. The summed E-state index contributed by atoms with van der Waals surface area (Å²) in [5.41, 5.74) is 3.58. The predicted molar refractivity (Wildman–Crippen MR) is 76.9 cm³/mol. The smallest absolute Gasteiger partial charge is 0.129 e. The molecule has 2 unspecified atom stereocenters. The summed E-state index contributed by atoms with van der Waals surface area (Å²) in [6.45, 7) is 4.50. The molecule has 1 aliphatic carbocycles. The summed E-state index contributed by atoms with van der Waals surface area (Å²) in [6, 6.07) is 3.78. The van der Waals surface area contributed by atoms with Crippen molar-refractivity contribution in [3.05, 3.63) is 35.4 Å². The monoisotopic (exact) mass is 282 g/mol. The van der Waals surface area contributed by atoms with Gasteiger partial charge in [0.2, 0.25) is 0 Å². The number of halogens is 2. The molecule has 1 aliphatic rings. The minimum Gasteiger partial charge on any atom is -0.271 e. The fraction of sp³-hybridized carbons (Fsp3) is 0.625. The molecule has 2 nitrogen and oxygen atoms in total. The van der Waals surface area contributed by atoms with E-state index in [-0.39, 0.29) is 11.5 Å². The molecule has 3 N–H and O–H groups in total. The zero-order valence-corrected chi connectivity index (χ0v) is 12.3. The van der Waals surface area contributed by atoms with Gasteiger partial charge in [0.1, 0.15) is 11.6 Å². The molecule has 0 radical (unpaired) electrons. The summed E-state index contributed by atoms with van der Waals surface area (Å²) in [5, 5.41) is 0. The Morgan fingerprint density at radius 3 is 2.70 bits per heavy atom. The molecule has 0 aliphatic heterocycles. The van der Waals surface area contributed by atoms with Gasteiger partial charge in [0, 0.05) is 12.1 Å². The van der Waals surface area contributed by atoms with Crippen LogP contribution in [-0.4, -0.2) is 6.04 Å². The van der Waals surface area contributed by atoms with Gasteiger partial charge in [0.25, 0.3) is 0 Å². The predicted octanol–water partition coefficient (Wildman–Crippen LogP) is 3.56. The van der Waals surface area contributed by atoms with Crippen molar-refractivity contribution in [2.24, 2.45) is 17.2 Å². The van der Waals surface area contributed by atoms with Crippen molar-refractivity contribution in [1.29, 1.82) is 0 Å². The molecule has 1 aromatic carbocycles. The number of rotatable bonds is 4. The second-order valence-corrected chi connectivity index (χ2v) is 6.55. The third-order valence-corrected chi connectivity index (χ3v) is 4.74. The highest BCUT2D eigenvalue weighted by Gasteiger charge is 2.37. The van der Waals surface area contributed by atoms with E-state index in [0.29, 0.717) is 17.9 Å². The largest absolute Gasteiger partial charge is 0.271 e. The highest BCUT2D eigenvalue weighted by Crippen LogP contribution is 2.42. The normalized spacial score (nSPS) is 23.6. The van der Waals surface area contributed by atoms with Crippen LogP contribution in [0.1, 0.15) is 45.1 Å². The van der Waals surface area contributed by atoms with Gasteiger partial charge in [-0.1, -0.05) is 32.8 Å². The van der Waals surface area contributed by atoms with Crippen LogP contribution in [0.25, 0.3) is 0 Å². The first kappa shape index (κ1) is 15.4. The Hall–Kier alpha value is -1.00. The first-order valence-electron chi connectivity index (χ1n) is 7.34. The minimum absolute atomic E-state index is 0.0188. The second-order valence-electron chi connectivity index (χ2n) is 6.55. The first-order chi connectivity index (χ1) is 9.44. The van der Waals surface area contributed by atoms with Crippen LogP contribution in [0.15, 0.2) is 18.2 Å². The molecule has 0 bridgehead atoms. The fourth-order valence-electron chi connectivity index (χ4n) is 3.51. The molecule has 1 aromatic rings. The van der Waals surface area contributed by atoms with Crippen molar-refractivity contribution >= 4 is 0 Å². The zero-order valence-electron chi connectivity index (χ0n) is 12.3. The number of hydrazine groups is 1. The topological polar surface area (TPSA) is 38.0 Å². The molecule has 4 heteroatoms. The van der Waals surface area contributed by atoms with Crippen LogP contribution in [-0.2, 0) is 6.42 Å². The Labute approximate surface area is 119 Å². The lowest BCUT2D eigenvalue weighted by Gasteiger charge is -2.43. The van der Waals surface area contributed by atoms with E-state index in [1.165, 1.54) is 31.4 Å². The molecule has 2 atom stereocenters. The number of hydrogen-bond acceptors (Lipinski definition) is 2. The summed E-state index contributed by atoms with van der Waals surface area (Å²) >= 11 is 0. The Balaban J connectivity index is 2.15. The van der Waals surface area contributed by atoms with Gasteiger partial charge in [0.15, 0.2) is 0 Å². The SMILES string of the molecule is CC1(C)CCCCC1C(Cc1ccc(F)cc1F)NN. The second kappa shape index (κ2) is 6.19. The molecule has 1 fully saturated rings. The maximum atomic E-state index is 13.8. The van der Waals surface area contributed by atoms with Crippen LogP contribution in [0.3, 0.4) is 0 Å². The molecular formula is C16H24F2N2. The lowest BCUT2D eigenvalue weighted by molar-refractivity contribution is 0.0978. The molecule has 2 rings (SSSR count). The molecule has 112 valence electrons. The molecule has 0 aromatic heterocycles. The van der Waals surface area contributed by atoms with Crippen molar-refractivity contribution < 1.29 is 8.78 Å². The van der Waals surface area contributed by atoms with Crippen LogP contribution in [0.2, 0.25) is 0 Å². The molecule has 1 saturated carbocycles. The van der Waals surface area contributed by atoms with Crippen molar-refractivity contribution in [3.8, 4) is 0 Å². The molecule has 20 heavy (non-hydrogen) atoms. The highest BCUT2D eigenvalue weighted by atomic mass is 19.1. The van der Waals surface area contributed by atoms with Crippen LogP contribution < -0.4 is 11.3 Å². The van der Waals surface area contributed by atoms with Crippen LogP contribution in [0.4, 0.5) is 8.78 Å². The standard InChI is InChI=1S/C16H24F2N2/c1-16(2)8-4-3-5-13(16)15(20-19)9-11-6-7-12(17)10-14(11)18/h6-7,10,13,15,20H,3-5,8-9,19H2,1-2H3. The lowest BCUT2D eigenvalue weighted by Crippen LogP contribution is -2.48. The average Bonchev–Trinajstić information content (AvgIpc) is 2.38. The third kappa shape index (κ3) is 3.36. The van der Waals surface area contributed by atoms with E-state index < -0.39 is 11.6 Å². The van der Waals surface area contributed by atoms with Gasteiger partial charge in [-0.05, 0) is 42.2 Å². The molecule has 0 spiro atoms. The summed E-state index contributed by atoms with van der Waals surface area (Å²) in [4.78, 5) is 0. The number of nitrogens with two attached hydrogens (primary N) is 1. The Kier molecular flexibility index (Phi) is 4.76. The fourth-order valence-corrected chi connectivity index (χ4v) is 3.51. The molecule has 0 amide bonds. The average molecular weight is 282 g/mol. The zero-order chi connectivity index (χ0) is 14.8. The Bertz CT molecular complexity index is 460. The van der Waals surface area contributed by atoms with Crippen molar-refractivity contribution in [3.63, 3.8) is 0 Å². The first-order valence-corrected chi connectivity index (χ1v) is 7.34. The van der Waals surface area contributed by atoms with Crippen molar-refractivity contribution in [2.45, 2.75) is 52.0 Å². The molecule has 0 saturated heterocycles. The summed E-state index contributed by atoms with van der Waals surface area (Å²) < 4.78 is 26.8. The van der Waals surface area contributed by atoms with E-state index in [9.17, 15) is 8.78 Å². The molecule has 0 heterocycles. The van der Waals surface area contributed by atoms with Crippen molar-refractivity contribution in [2.75, 3.05) is 0 Å². The van der Waals surface area contributed by atoms with Gasteiger partial charge < -0.3 is 0 Å². The Morgan fingerprint density at radius 1 is 1.35 bits per heavy atom. The van der Waals surface area contributed by atoms with Gasteiger partial charge in [-0.2, -0.15) is 0 Å². The van der Waals surface area contributed by atoms with E-state index in [1.807, 2.05) is 0 Å². The molecular weight excluding hydrogens is 258 g/mol.